The fourth-order valence-corrected chi connectivity index (χ4v) is 4.09. The van der Waals surface area contributed by atoms with Crippen LogP contribution in [0.1, 0.15) is 47.9 Å². The van der Waals surface area contributed by atoms with Gasteiger partial charge in [0.25, 0.3) is 0 Å². The third-order valence-corrected chi connectivity index (χ3v) is 5.88. The molecular weight excluding hydrogens is 399 g/mol. The van der Waals surface area contributed by atoms with E-state index in [4.69, 9.17) is 0 Å². The van der Waals surface area contributed by atoms with E-state index in [1.54, 1.807) is 23.9 Å². The lowest BCUT2D eigenvalue weighted by Gasteiger charge is -2.15. The summed E-state index contributed by atoms with van der Waals surface area (Å²) in [5, 5.41) is 9.65. The summed E-state index contributed by atoms with van der Waals surface area (Å²) in [5.41, 5.74) is 2.07. The fraction of sp³-hybridized carbons (Fsp3) is 0.333. The minimum atomic E-state index is -4.69. The molecule has 2 aromatic carbocycles. The Hall–Kier alpha value is -2.48. The Morgan fingerprint density at radius 2 is 1.76 bits per heavy atom. The summed E-state index contributed by atoms with van der Waals surface area (Å²) >= 11 is 1.55. The van der Waals surface area contributed by atoms with Gasteiger partial charge < -0.3 is 9.30 Å². The van der Waals surface area contributed by atoms with Crippen molar-refractivity contribution in [1.82, 2.24) is 14.8 Å². The lowest BCUT2D eigenvalue weighted by molar-refractivity contribution is -0.274. The summed E-state index contributed by atoms with van der Waals surface area (Å²) in [6.45, 7) is 2.70. The minimum Gasteiger partial charge on any atom is -0.406 e. The number of aromatic nitrogens is 3. The first-order chi connectivity index (χ1) is 13.9. The van der Waals surface area contributed by atoms with Crippen LogP contribution < -0.4 is 4.74 Å². The third kappa shape index (κ3) is 5.12. The normalized spacial score (nSPS) is 15.3. The molecule has 29 heavy (non-hydrogen) atoms. The van der Waals surface area contributed by atoms with Crippen molar-refractivity contribution in [3.8, 4) is 5.75 Å². The maximum absolute atomic E-state index is 12.3. The van der Waals surface area contributed by atoms with E-state index in [1.807, 2.05) is 25.1 Å². The molecule has 1 atom stereocenters. The van der Waals surface area contributed by atoms with Crippen molar-refractivity contribution in [2.24, 2.45) is 0 Å². The molecule has 1 aromatic heterocycles. The van der Waals surface area contributed by atoms with E-state index in [2.05, 4.69) is 31.6 Å². The van der Waals surface area contributed by atoms with Gasteiger partial charge in [-0.05, 0) is 43.0 Å². The third-order valence-electron chi connectivity index (χ3n) is 4.74. The monoisotopic (exact) mass is 419 g/mol. The molecule has 0 saturated heterocycles. The molecular formula is C21H20F3N3OS. The van der Waals surface area contributed by atoms with Crippen LogP contribution in [0.5, 0.6) is 5.75 Å². The van der Waals surface area contributed by atoms with Crippen molar-refractivity contribution in [3.05, 3.63) is 71.5 Å². The molecule has 1 aliphatic rings. The number of benzene rings is 2. The molecule has 3 aromatic rings. The predicted molar refractivity (Wildman–Crippen MR) is 105 cm³/mol. The molecule has 1 fully saturated rings. The lowest BCUT2D eigenvalue weighted by atomic mass is 10.2. The second kappa shape index (κ2) is 8.10. The molecule has 0 bridgehead atoms. The van der Waals surface area contributed by atoms with Gasteiger partial charge in [-0.15, -0.1) is 23.4 Å². The van der Waals surface area contributed by atoms with Crippen LogP contribution in [-0.2, 0) is 6.54 Å². The van der Waals surface area contributed by atoms with Gasteiger partial charge in [-0.3, -0.25) is 0 Å². The lowest BCUT2D eigenvalue weighted by Crippen LogP contribution is -2.17. The van der Waals surface area contributed by atoms with Crippen LogP contribution in [-0.4, -0.2) is 21.1 Å². The average molecular weight is 419 g/mol. The first kappa shape index (κ1) is 19.8. The topological polar surface area (TPSA) is 39.9 Å². The van der Waals surface area contributed by atoms with Crippen molar-refractivity contribution in [2.45, 2.75) is 49.0 Å². The maximum atomic E-state index is 12.3. The van der Waals surface area contributed by atoms with E-state index < -0.39 is 6.36 Å². The number of nitrogens with zero attached hydrogens (tertiary/aromatic N) is 3. The van der Waals surface area contributed by atoms with Gasteiger partial charge in [0.1, 0.15) is 11.6 Å². The van der Waals surface area contributed by atoms with Crippen LogP contribution in [0.25, 0.3) is 0 Å². The molecule has 0 amide bonds. The van der Waals surface area contributed by atoms with Gasteiger partial charge in [-0.1, -0.05) is 54.2 Å². The standard InChI is InChI=1S/C21H20F3N3OS/c1-14(16-9-11-18(12-10-16)28-21(22,23)24)29-20-26-25-19(17-7-8-17)27(20)13-15-5-3-2-4-6-15/h2-6,9-12,14,17H,7-8,13H2,1H3/t14-/m1/s1. The van der Waals surface area contributed by atoms with Crippen molar-refractivity contribution < 1.29 is 17.9 Å². The highest BCUT2D eigenvalue weighted by Crippen LogP contribution is 2.42. The fourth-order valence-electron chi connectivity index (χ4n) is 3.11. The summed E-state index contributed by atoms with van der Waals surface area (Å²) in [7, 11) is 0. The SMILES string of the molecule is C[C@@H](Sc1nnc(C2CC2)n1Cc1ccccc1)c1ccc(OC(F)(F)F)cc1. The number of hydrogen-bond donors (Lipinski definition) is 0. The highest BCUT2D eigenvalue weighted by Gasteiger charge is 2.32. The summed E-state index contributed by atoms with van der Waals surface area (Å²) in [6.07, 6.45) is -2.42. The largest absolute Gasteiger partial charge is 0.573 e. The van der Waals surface area contributed by atoms with E-state index in [1.165, 1.54) is 17.7 Å². The number of ether oxygens (including phenoxy) is 1. The number of halogens is 3. The van der Waals surface area contributed by atoms with E-state index in [9.17, 15) is 13.2 Å². The maximum Gasteiger partial charge on any atom is 0.573 e. The Morgan fingerprint density at radius 3 is 2.38 bits per heavy atom. The average Bonchev–Trinajstić information content (AvgIpc) is 3.45. The van der Waals surface area contributed by atoms with E-state index in [0.29, 0.717) is 12.5 Å². The molecule has 4 rings (SSSR count). The molecule has 152 valence electrons. The number of hydrogen-bond acceptors (Lipinski definition) is 4. The molecule has 0 spiro atoms. The molecule has 0 unspecified atom stereocenters. The number of rotatable bonds is 7. The second-order valence-electron chi connectivity index (χ2n) is 7.06. The predicted octanol–water partition coefficient (Wildman–Crippen LogP) is 5.96. The molecule has 0 aliphatic heterocycles. The number of thioether (sulfide) groups is 1. The summed E-state index contributed by atoms with van der Waals surface area (Å²) in [5.74, 6) is 1.26. The second-order valence-corrected chi connectivity index (χ2v) is 8.37. The van der Waals surface area contributed by atoms with Gasteiger partial charge in [0.05, 0.1) is 6.54 Å². The van der Waals surface area contributed by atoms with Gasteiger partial charge in [0.15, 0.2) is 5.16 Å². The van der Waals surface area contributed by atoms with Crippen LogP contribution in [0.3, 0.4) is 0 Å². The molecule has 4 nitrogen and oxygen atoms in total. The Balaban J connectivity index is 1.51. The highest BCUT2D eigenvalue weighted by atomic mass is 32.2. The molecule has 1 saturated carbocycles. The van der Waals surface area contributed by atoms with Crippen LogP contribution in [0.15, 0.2) is 59.8 Å². The van der Waals surface area contributed by atoms with Gasteiger partial charge in [-0.25, -0.2) is 0 Å². The summed E-state index contributed by atoms with van der Waals surface area (Å²) < 4.78 is 43.1. The molecule has 0 N–H and O–H groups in total. The van der Waals surface area contributed by atoms with Crippen molar-refractivity contribution in [1.29, 1.82) is 0 Å². The van der Waals surface area contributed by atoms with E-state index in [-0.39, 0.29) is 11.0 Å². The van der Waals surface area contributed by atoms with E-state index in [0.717, 1.165) is 29.4 Å². The molecule has 1 heterocycles. The first-order valence-electron chi connectivity index (χ1n) is 9.38. The Morgan fingerprint density at radius 1 is 1.07 bits per heavy atom. The van der Waals surface area contributed by atoms with Crippen LogP contribution in [0.4, 0.5) is 13.2 Å². The molecule has 0 radical (unpaired) electrons. The highest BCUT2D eigenvalue weighted by molar-refractivity contribution is 7.99. The molecule has 1 aliphatic carbocycles. The zero-order valence-corrected chi connectivity index (χ0v) is 16.6. The van der Waals surface area contributed by atoms with Gasteiger partial charge in [0, 0.05) is 11.2 Å². The first-order valence-corrected chi connectivity index (χ1v) is 10.3. The Kier molecular flexibility index (Phi) is 5.54. The van der Waals surface area contributed by atoms with Gasteiger partial charge >= 0.3 is 6.36 Å². The summed E-state index contributed by atoms with van der Waals surface area (Å²) in [6, 6.07) is 16.1. The van der Waals surface area contributed by atoms with Crippen molar-refractivity contribution >= 4 is 11.8 Å². The van der Waals surface area contributed by atoms with Gasteiger partial charge in [-0.2, -0.15) is 0 Å². The zero-order chi connectivity index (χ0) is 20.4. The smallest absolute Gasteiger partial charge is 0.406 e. The van der Waals surface area contributed by atoms with Gasteiger partial charge in [0.2, 0.25) is 0 Å². The number of alkyl halides is 3. The van der Waals surface area contributed by atoms with Crippen LogP contribution in [0, 0.1) is 0 Å². The van der Waals surface area contributed by atoms with E-state index >= 15 is 0 Å². The Labute approximate surface area is 171 Å². The Bertz CT molecular complexity index is 954. The van der Waals surface area contributed by atoms with Crippen molar-refractivity contribution in [3.63, 3.8) is 0 Å². The summed E-state index contributed by atoms with van der Waals surface area (Å²) in [4.78, 5) is 0. The van der Waals surface area contributed by atoms with Crippen LogP contribution in [0.2, 0.25) is 0 Å². The van der Waals surface area contributed by atoms with Crippen LogP contribution >= 0.6 is 11.8 Å². The quantitative estimate of drug-likeness (QED) is 0.443. The zero-order valence-electron chi connectivity index (χ0n) is 15.8. The van der Waals surface area contributed by atoms with Crippen molar-refractivity contribution in [2.75, 3.05) is 0 Å². The molecule has 8 heteroatoms. The minimum absolute atomic E-state index is 0.000660.